The fourth-order valence-electron chi connectivity index (χ4n) is 2.19. The van der Waals surface area contributed by atoms with Crippen molar-refractivity contribution in [1.29, 1.82) is 0 Å². The molecule has 0 aromatic carbocycles. The quantitative estimate of drug-likeness (QED) is 0.854. The average Bonchev–Trinajstić information content (AvgIpc) is 2.63. The van der Waals surface area contributed by atoms with Gasteiger partial charge in [-0.05, 0) is 44.5 Å². The Labute approximate surface area is 152 Å². The minimum absolute atomic E-state index is 0.0573. The first-order chi connectivity index (χ1) is 12.1. The third-order valence-corrected chi connectivity index (χ3v) is 3.44. The Bertz CT molecular complexity index is 408. The molecule has 1 aromatic rings. The van der Waals surface area contributed by atoms with E-state index in [1.165, 1.54) is 39.3 Å². The first-order valence-electron chi connectivity index (χ1n) is 9.12. The summed E-state index contributed by atoms with van der Waals surface area (Å²) in [5.74, 6) is 0.133. The van der Waals surface area contributed by atoms with Crippen molar-refractivity contribution in [1.82, 2.24) is 20.5 Å². The van der Waals surface area contributed by atoms with Crippen LogP contribution in [0.25, 0.3) is 0 Å². The Morgan fingerprint density at radius 2 is 1.48 bits per heavy atom. The lowest BCUT2D eigenvalue weighted by Gasteiger charge is -2.26. The van der Waals surface area contributed by atoms with Gasteiger partial charge in [0.15, 0.2) is 0 Å². The van der Waals surface area contributed by atoms with E-state index in [0.29, 0.717) is 0 Å². The molecule has 2 amide bonds. The van der Waals surface area contributed by atoms with Crippen molar-refractivity contribution in [2.45, 2.75) is 46.5 Å². The molecule has 6 heteroatoms. The first kappa shape index (κ1) is 23.1. The molecular formula is C19H34N4O2. The fraction of sp³-hybridized carbons (Fsp3) is 0.632. The summed E-state index contributed by atoms with van der Waals surface area (Å²) in [6.45, 7) is 10.1. The van der Waals surface area contributed by atoms with Gasteiger partial charge in [0.05, 0.1) is 0 Å². The van der Waals surface area contributed by atoms with Crippen LogP contribution in [-0.2, 0) is 9.59 Å². The molecule has 0 saturated carbocycles. The van der Waals surface area contributed by atoms with Crippen LogP contribution in [0.5, 0.6) is 0 Å². The van der Waals surface area contributed by atoms with Crippen LogP contribution in [0, 0.1) is 0 Å². The normalized spacial score (nSPS) is 13.4. The Hall–Kier alpha value is -1.95. The van der Waals surface area contributed by atoms with E-state index in [1.54, 1.807) is 19.3 Å². The van der Waals surface area contributed by atoms with Crippen LogP contribution in [0.3, 0.4) is 0 Å². The van der Waals surface area contributed by atoms with Crippen LogP contribution in [0.15, 0.2) is 30.6 Å². The van der Waals surface area contributed by atoms with Gasteiger partial charge in [-0.15, -0.1) is 0 Å². The van der Waals surface area contributed by atoms with Gasteiger partial charge >= 0.3 is 0 Å². The molecule has 1 aliphatic heterocycles. The molecule has 1 aromatic heterocycles. The van der Waals surface area contributed by atoms with Crippen molar-refractivity contribution in [3.63, 3.8) is 0 Å². The molecule has 0 bridgehead atoms. The van der Waals surface area contributed by atoms with Crippen LogP contribution < -0.4 is 10.6 Å². The maximum atomic E-state index is 10.6. The zero-order valence-electron chi connectivity index (χ0n) is 16.0. The van der Waals surface area contributed by atoms with Gasteiger partial charge in [0, 0.05) is 45.9 Å². The van der Waals surface area contributed by atoms with Gasteiger partial charge in [-0.2, -0.15) is 0 Å². The summed E-state index contributed by atoms with van der Waals surface area (Å²) in [5, 5.41) is 5.47. The summed E-state index contributed by atoms with van der Waals surface area (Å²) in [6, 6.07) is 5.72. The number of pyridine rings is 1. The van der Waals surface area contributed by atoms with Crippen LogP contribution in [0.2, 0.25) is 0 Å². The second-order valence-corrected chi connectivity index (χ2v) is 5.89. The predicted molar refractivity (Wildman–Crippen MR) is 102 cm³/mol. The lowest BCUT2D eigenvalue weighted by atomic mass is 10.1. The molecule has 0 aliphatic carbocycles. The van der Waals surface area contributed by atoms with E-state index in [2.05, 4.69) is 20.5 Å². The lowest BCUT2D eigenvalue weighted by Crippen LogP contribution is -2.36. The van der Waals surface area contributed by atoms with E-state index in [0.717, 1.165) is 26.1 Å². The van der Waals surface area contributed by atoms with Crippen molar-refractivity contribution in [3.8, 4) is 0 Å². The number of piperidine rings is 1. The molecule has 2 heterocycles. The number of aromatic nitrogens is 1. The molecule has 25 heavy (non-hydrogen) atoms. The van der Waals surface area contributed by atoms with Crippen LogP contribution >= 0.6 is 0 Å². The van der Waals surface area contributed by atoms with E-state index < -0.39 is 0 Å². The van der Waals surface area contributed by atoms with Crippen LogP contribution in [-0.4, -0.2) is 54.4 Å². The Morgan fingerprint density at radius 3 is 1.84 bits per heavy atom. The number of nitrogens with one attached hydrogen (secondary N) is 2. The molecule has 0 atom stereocenters. The van der Waals surface area contributed by atoms with Gasteiger partial charge in [0.25, 0.3) is 0 Å². The summed E-state index contributed by atoms with van der Waals surface area (Å²) in [4.78, 5) is 26.8. The summed E-state index contributed by atoms with van der Waals surface area (Å²) >= 11 is 0. The number of carbonyl (C=O) groups excluding carboxylic acids is 2. The standard InChI is InChI=1S/C9H18N2O.C5H11NO.C5H5N/c1-9(12)10-5-8-11-6-3-2-4-7-11;1-3-4-6-5(2)7;1-2-4-6-5-3-1/h2-8H2,1H3,(H,10,12);3-4H2,1-2H3,(H,6,7);1-5H. The van der Waals surface area contributed by atoms with Crippen molar-refractivity contribution >= 4 is 11.8 Å². The number of carbonyl (C=O) groups is 2. The van der Waals surface area contributed by atoms with Gasteiger partial charge < -0.3 is 15.5 Å². The highest BCUT2D eigenvalue weighted by Crippen LogP contribution is 2.07. The van der Waals surface area contributed by atoms with Gasteiger partial charge in [-0.3, -0.25) is 14.6 Å². The minimum Gasteiger partial charge on any atom is -0.356 e. The lowest BCUT2D eigenvalue weighted by molar-refractivity contribution is -0.119. The maximum absolute atomic E-state index is 10.6. The molecule has 0 radical (unpaired) electrons. The summed E-state index contributed by atoms with van der Waals surface area (Å²) in [6.07, 6.45) is 8.52. The smallest absolute Gasteiger partial charge is 0.216 e. The SMILES string of the molecule is CC(=O)NCCN1CCCCC1.CCCNC(C)=O.c1ccncc1. The number of hydrogen-bond acceptors (Lipinski definition) is 4. The Kier molecular flexibility index (Phi) is 15.6. The number of likely N-dealkylation sites (tertiary alicyclic amines) is 1. The van der Waals surface area contributed by atoms with Gasteiger partial charge in [0.1, 0.15) is 0 Å². The molecule has 1 fully saturated rings. The number of rotatable bonds is 5. The minimum atomic E-state index is 0.0573. The molecular weight excluding hydrogens is 316 g/mol. The maximum Gasteiger partial charge on any atom is 0.216 e. The summed E-state index contributed by atoms with van der Waals surface area (Å²) < 4.78 is 0. The van der Waals surface area contributed by atoms with Gasteiger partial charge in [-0.25, -0.2) is 0 Å². The van der Waals surface area contributed by atoms with Crippen molar-refractivity contribution in [3.05, 3.63) is 30.6 Å². The number of hydrogen-bond donors (Lipinski definition) is 2. The van der Waals surface area contributed by atoms with Crippen LogP contribution in [0.1, 0.15) is 46.5 Å². The topological polar surface area (TPSA) is 74.3 Å². The van der Waals surface area contributed by atoms with Crippen molar-refractivity contribution in [2.75, 3.05) is 32.7 Å². The molecule has 2 rings (SSSR count). The van der Waals surface area contributed by atoms with Crippen molar-refractivity contribution in [2.24, 2.45) is 0 Å². The van der Waals surface area contributed by atoms with Crippen LogP contribution in [0.4, 0.5) is 0 Å². The Balaban J connectivity index is 0.000000377. The zero-order valence-corrected chi connectivity index (χ0v) is 16.0. The molecule has 6 nitrogen and oxygen atoms in total. The highest BCUT2D eigenvalue weighted by Gasteiger charge is 2.08. The fourth-order valence-corrected chi connectivity index (χ4v) is 2.19. The highest BCUT2D eigenvalue weighted by molar-refractivity contribution is 5.73. The molecule has 2 N–H and O–H groups in total. The molecule has 0 spiro atoms. The third-order valence-electron chi connectivity index (χ3n) is 3.44. The van der Waals surface area contributed by atoms with E-state index >= 15 is 0 Å². The average molecular weight is 351 g/mol. The molecule has 1 aliphatic rings. The zero-order chi connectivity index (χ0) is 18.8. The number of amides is 2. The van der Waals surface area contributed by atoms with Gasteiger partial charge in [0.2, 0.25) is 11.8 Å². The molecule has 0 unspecified atom stereocenters. The van der Waals surface area contributed by atoms with E-state index in [9.17, 15) is 9.59 Å². The highest BCUT2D eigenvalue weighted by atomic mass is 16.2. The number of nitrogens with zero attached hydrogens (tertiary/aromatic N) is 2. The Morgan fingerprint density at radius 1 is 0.920 bits per heavy atom. The largest absolute Gasteiger partial charge is 0.356 e. The summed E-state index contributed by atoms with van der Waals surface area (Å²) in [5.41, 5.74) is 0. The molecule has 142 valence electrons. The molecule has 1 saturated heterocycles. The third kappa shape index (κ3) is 18.2. The van der Waals surface area contributed by atoms with E-state index in [1.807, 2.05) is 25.1 Å². The van der Waals surface area contributed by atoms with Crippen molar-refractivity contribution < 1.29 is 9.59 Å². The predicted octanol–water partition coefficient (Wildman–Crippen LogP) is 2.22. The van der Waals surface area contributed by atoms with E-state index in [-0.39, 0.29) is 11.8 Å². The van der Waals surface area contributed by atoms with E-state index in [4.69, 9.17) is 0 Å². The second-order valence-electron chi connectivity index (χ2n) is 5.89. The summed E-state index contributed by atoms with van der Waals surface area (Å²) in [7, 11) is 0. The second kappa shape index (κ2) is 16.9. The van der Waals surface area contributed by atoms with Gasteiger partial charge in [-0.1, -0.05) is 19.4 Å². The first-order valence-corrected chi connectivity index (χ1v) is 9.12. The monoisotopic (exact) mass is 350 g/mol.